The maximum atomic E-state index is 12.4. The number of amides is 1. The molecular weight excluding hydrogens is 344 g/mol. The first kappa shape index (κ1) is 17.1. The summed E-state index contributed by atoms with van der Waals surface area (Å²) in [5.41, 5.74) is 1.36. The second kappa shape index (κ2) is 7.89. The quantitative estimate of drug-likeness (QED) is 0.691. The van der Waals surface area contributed by atoms with Gasteiger partial charge < -0.3 is 9.64 Å². The molecule has 0 unspecified atom stereocenters. The highest BCUT2D eigenvalue weighted by atomic mass is 32.1. The Kier molecular flexibility index (Phi) is 5.18. The van der Waals surface area contributed by atoms with Crippen LogP contribution >= 0.6 is 11.3 Å². The van der Waals surface area contributed by atoms with Gasteiger partial charge in [-0.25, -0.2) is 0 Å². The Morgan fingerprint density at radius 3 is 2.58 bits per heavy atom. The Labute approximate surface area is 157 Å². The first-order valence-electron chi connectivity index (χ1n) is 8.91. The van der Waals surface area contributed by atoms with Crippen LogP contribution in [-0.4, -0.2) is 48.5 Å². The predicted octanol–water partition coefficient (Wildman–Crippen LogP) is 3.62. The fourth-order valence-electron chi connectivity index (χ4n) is 3.29. The first-order valence-corrected chi connectivity index (χ1v) is 9.85. The lowest BCUT2D eigenvalue weighted by Crippen LogP contribution is -2.49. The second-order valence-electron chi connectivity index (χ2n) is 6.59. The van der Waals surface area contributed by atoms with Gasteiger partial charge in [0, 0.05) is 32.7 Å². The Balaban J connectivity index is 1.27. The number of nitrogens with zero attached hydrogens (tertiary/aromatic N) is 2. The SMILES string of the molecule is O=C(COc1ccc2ccccc2c1)N1CCN(Cc2ccsc2)CC1. The number of hydrogen-bond donors (Lipinski definition) is 0. The molecule has 4 rings (SSSR count). The van der Waals surface area contributed by atoms with Crippen LogP contribution in [0.5, 0.6) is 5.75 Å². The van der Waals surface area contributed by atoms with E-state index in [0.717, 1.165) is 43.9 Å². The number of carbonyl (C=O) groups excluding carboxylic acids is 1. The van der Waals surface area contributed by atoms with Gasteiger partial charge in [-0.1, -0.05) is 30.3 Å². The van der Waals surface area contributed by atoms with E-state index < -0.39 is 0 Å². The van der Waals surface area contributed by atoms with Crippen LogP contribution in [0.4, 0.5) is 0 Å². The van der Waals surface area contributed by atoms with Crippen LogP contribution in [0.1, 0.15) is 5.56 Å². The molecule has 0 radical (unpaired) electrons. The smallest absolute Gasteiger partial charge is 0.260 e. The van der Waals surface area contributed by atoms with Gasteiger partial charge in [0.25, 0.3) is 5.91 Å². The molecule has 1 saturated heterocycles. The number of fused-ring (bicyclic) bond motifs is 1. The van der Waals surface area contributed by atoms with Crippen molar-refractivity contribution in [2.75, 3.05) is 32.8 Å². The summed E-state index contributed by atoms with van der Waals surface area (Å²) < 4.78 is 5.74. The van der Waals surface area contributed by atoms with Gasteiger partial charge in [0.15, 0.2) is 6.61 Å². The van der Waals surface area contributed by atoms with E-state index in [1.165, 1.54) is 10.9 Å². The molecule has 4 nitrogen and oxygen atoms in total. The van der Waals surface area contributed by atoms with Crippen molar-refractivity contribution in [3.05, 3.63) is 64.9 Å². The Morgan fingerprint density at radius 1 is 1.00 bits per heavy atom. The summed E-state index contributed by atoms with van der Waals surface area (Å²) in [6.07, 6.45) is 0. The molecular formula is C21H22N2O2S. The van der Waals surface area contributed by atoms with Crippen LogP contribution in [0.2, 0.25) is 0 Å². The van der Waals surface area contributed by atoms with Gasteiger partial charge in [0.05, 0.1) is 0 Å². The number of rotatable bonds is 5. The molecule has 1 aromatic heterocycles. The summed E-state index contributed by atoms with van der Waals surface area (Å²) in [6, 6.07) is 16.3. The van der Waals surface area contributed by atoms with Crippen molar-refractivity contribution < 1.29 is 9.53 Å². The van der Waals surface area contributed by atoms with E-state index in [0.29, 0.717) is 0 Å². The average Bonchev–Trinajstić information content (AvgIpc) is 3.19. The van der Waals surface area contributed by atoms with E-state index in [4.69, 9.17) is 4.74 Å². The molecule has 26 heavy (non-hydrogen) atoms. The summed E-state index contributed by atoms with van der Waals surface area (Å²) in [6.45, 7) is 4.44. The third-order valence-corrected chi connectivity index (χ3v) is 5.53. The van der Waals surface area contributed by atoms with Gasteiger partial charge in [0.1, 0.15) is 5.75 Å². The third kappa shape index (κ3) is 4.06. The molecule has 2 heterocycles. The number of hydrogen-bond acceptors (Lipinski definition) is 4. The van der Waals surface area contributed by atoms with Gasteiger partial charge in [-0.2, -0.15) is 11.3 Å². The number of ether oxygens (including phenoxy) is 1. The van der Waals surface area contributed by atoms with Crippen molar-refractivity contribution in [3.8, 4) is 5.75 Å². The van der Waals surface area contributed by atoms with E-state index in [9.17, 15) is 4.79 Å². The molecule has 0 spiro atoms. The third-order valence-electron chi connectivity index (χ3n) is 4.79. The van der Waals surface area contributed by atoms with E-state index in [2.05, 4.69) is 33.9 Å². The minimum absolute atomic E-state index is 0.0633. The predicted molar refractivity (Wildman–Crippen MR) is 106 cm³/mol. The van der Waals surface area contributed by atoms with Gasteiger partial charge >= 0.3 is 0 Å². The molecule has 2 aromatic carbocycles. The highest BCUT2D eigenvalue weighted by Crippen LogP contribution is 2.20. The van der Waals surface area contributed by atoms with E-state index in [-0.39, 0.29) is 12.5 Å². The number of thiophene rings is 1. The topological polar surface area (TPSA) is 32.8 Å². The molecule has 1 amide bonds. The maximum absolute atomic E-state index is 12.4. The Hall–Kier alpha value is -2.37. The molecule has 3 aromatic rings. The molecule has 0 aliphatic carbocycles. The second-order valence-corrected chi connectivity index (χ2v) is 7.37. The molecule has 0 saturated carbocycles. The minimum Gasteiger partial charge on any atom is -0.484 e. The van der Waals surface area contributed by atoms with Crippen molar-refractivity contribution in [2.45, 2.75) is 6.54 Å². The Bertz CT molecular complexity index is 871. The Morgan fingerprint density at radius 2 is 1.81 bits per heavy atom. The van der Waals surface area contributed by atoms with Crippen LogP contribution in [0.3, 0.4) is 0 Å². The normalized spacial score (nSPS) is 15.3. The highest BCUT2D eigenvalue weighted by Gasteiger charge is 2.21. The molecule has 0 bridgehead atoms. The molecule has 5 heteroatoms. The number of benzene rings is 2. The molecule has 1 aliphatic rings. The molecule has 1 aliphatic heterocycles. The van der Waals surface area contributed by atoms with Crippen LogP contribution in [0.25, 0.3) is 10.8 Å². The lowest BCUT2D eigenvalue weighted by molar-refractivity contribution is -0.135. The molecule has 0 atom stereocenters. The van der Waals surface area contributed by atoms with Gasteiger partial charge in [-0.05, 0) is 45.3 Å². The molecule has 134 valence electrons. The van der Waals surface area contributed by atoms with Crippen molar-refractivity contribution >= 4 is 28.0 Å². The summed E-state index contributed by atoms with van der Waals surface area (Å²) in [4.78, 5) is 16.7. The number of carbonyl (C=O) groups is 1. The van der Waals surface area contributed by atoms with Gasteiger partial charge in [-0.15, -0.1) is 0 Å². The molecule has 0 N–H and O–H groups in total. The monoisotopic (exact) mass is 366 g/mol. The molecule has 1 fully saturated rings. The van der Waals surface area contributed by atoms with E-state index in [1.807, 2.05) is 35.2 Å². The van der Waals surface area contributed by atoms with Crippen LogP contribution < -0.4 is 4.74 Å². The maximum Gasteiger partial charge on any atom is 0.260 e. The largest absolute Gasteiger partial charge is 0.484 e. The van der Waals surface area contributed by atoms with Gasteiger partial charge in [0.2, 0.25) is 0 Å². The lowest BCUT2D eigenvalue weighted by atomic mass is 10.1. The lowest BCUT2D eigenvalue weighted by Gasteiger charge is -2.34. The fourth-order valence-corrected chi connectivity index (χ4v) is 3.95. The van der Waals surface area contributed by atoms with E-state index in [1.54, 1.807) is 11.3 Å². The standard InChI is InChI=1S/C21H22N2O2S/c24-21(15-25-20-6-5-18-3-1-2-4-19(18)13-20)23-10-8-22(9-11-23)14-17-7-12-26-16-17/h1-7,12-13,16H,8-11,14-15H2. The van der Waals surface area contributed by atoms with Crippen LogP contribution in [0.15, 0.2) is 59.3 Å². The van der Waals surface area contributed by atoms with Crippen molar-refractivity contribution in [2.24, 2.45) is 0 Å². The highest BCUT2D eigenvalue weighted by molar-refractivity contribution is 7.07. The minimum atomic E-state index is 0.0633. The summed E-state index contributed by atoms with van der Waals surface area (Å²) >= 11 is 1.73. The zero-order valence-corrected chi connectivity index (χ0v) is 15.5. The zero-order chi connectivity index (χ0) is 17.8. The van der Waals surface area contributed by atoms with Crippen molar-refractivity contribution in [1.82, 2.24) is 9.80 Å². The fraction of sp³-hybridized carbons (Fsp3) is 0.286. The van der Waals surface area contributed by atoms with Gasteiger partial charge in [-0.3, -0.25) is 9.69 Å². The first-order chi connectivity index (χ1) is 12.8. The van der Waals surface area contributed by atoms with Crippen LogP contribution in [0, 0.1) is 0 Å². The van der Waals surface area contributed by atoms with Crippen LogP contribution in [-0.2, 0) is 11.3 Å². The average molecular weight is 366 g/mol. The van der Waals surface area contributed by atoms with Crippen molar-refractivity contribution in [3.63, 3.8) is 0 Å². The summed E-state index contributed by atoms with van der Waals surface area (Å²) in [7, 11) is 0. The number of piperazine rings is 1. The summed E-state index contributed by atoms with van der Waals surface area (Å²) in [5.74, 6) is 0.807. The van der Waals surface area contributed by atoms with E-state index >= 15 is 0 Å². The van der Waals surface area contributed by atoms with Crippen molar-refractivity contribution in [1.29, 1.82) is 0 Å². The zero-order valence-electron chi connectivity index (χ0n) is 14.6. The summed E-state index contributed by atoms with van der Waals surface area (Å²) in [5, 5.41) is 6.60.